The van der Waals surface area contributed by atoms with Crippen molar-refractivity contribution in [1.29, 1.82) is 5.26 Å². The summed E-state index contributed by atoms with van der Waals surface area (Å²) in [7, 11) is 0. The fourth-order valence-electron chi connectivity index (χ4n) is 1.18. The van der Waals surface area contributed by atoms with Crippen LogP contribution in [-0.4, -0.2) is 26.7 Å². The molecular weight excluding hydrogens is 206 g/mol. The number of rotatable bonds is 5. The number of alkyl halides is 2. The minimum Gasteiger partial charge on any atom is -0.396 e. The van der Waals surface area contributed by atoms with E-state index in [4.69, 9.17) is 10.4 Å². The molecule has 0 spiro atoms. The summed E-state index contributed by atoms with van der Waals surface area (Å²) in [6.45, 7) is 0.0741. The molecule has 0 saturated heterocycles. The fourth-order valence-corrected chi connectivity index (χ4v) is 1.18. The van der Waals surface area contributed by atoms with E-state index < -0.39 is 6.43 Å². The highest BCUT2D eigenvalue weighted by atomic mass is 19.3. The second-order valence-corrected chi connectivity index (χ2v) is 2.86. The third-order valence-electron chi connectivity index (χ3n) is 1.83. The van der Waals surface area contributed by atoms with Gasteiger partial charge in [0.15, 0.2) is 0 Å². The average Bonchev–Trinajstić information content (AvgIpc) is 2.58. The number of nitrogens with zero attached hydrogens (tertiary/aromatic N) is 4. The molecule has 1 aromatic heterocycles. The van der Waals surface area contributed by atoms with Crippen LogP contribution < -0.4 is 0 Å². The Morgan fingerprint density at radius 3 is 2.80 bits per heavy atom. The van der Waals surface area contributed by atoms with Gasteiger partial charge in [0.05, 0.1) is 12.5 Å². The lowest BCUT2D eigenvalue weighted by atomic mass is 10.2. The summed E-state index contributed by atoms with van der Waals surface area (Å²) in [5.74, 6) is 0. The summed E-state index contributed by atoms with van der Waals surface area (Å²) >= 11 is 0. The van der Waals surface area contributed by atoms with Crippen molar-refractivity contribution < 1.29 is 13.9 Å². The zero-order chi connectivity index (χ0) is 11.3. The molecule has 0 unspecified atom stereocenters. The third-order valence-corrected chi connectivity index (χ3v) is 1.83. The number of halogens is 2. The van der Waals surface area contributed by atoms with Crippen LogP contribution in [0.15, 0.2) is 0 Å². The van der Waals surface area contributed by atoms with Crippen molar-refractivity contribution >= 4 is 0 Å². The molecular formula is C8H10F2N4O. The minimum absolute atomic E-state index is 0.00504. The van der Waals surface area contributed by atoms with E-state index in [0.29, 0.717) is 6.42 Å². The number of aromatic nitrogens is 3. The van der Waals surface area contributed by atoms with Crippen molar-refractivity contribution in [2.75, 3.05) is 6.61 Å². The quantitative estimate of drug-likeness (QED) is 0.784. The summed E-state index contributed by atoms with van der Waals surface area (Å²) in [5, 5.41) is 24.0. The van der Waals surface area contributed by atoms with Gasteiger partial charge in [-0.05, 0) is 6.42 Å². The molecule has 0 aliphatic carbocycles. The van der Waals surface area contributed by atoms with Crippen LogP contribution in [0.5, 0.6) is 0 Å². The Morgan fingerprint density at radius 1 is 1.53 bits per heavy atom. The molecule has 1 rings (SSSR count). The topological polar surface area (TPSA) is 74.7 Å². The highest BCUT2D eigenvalue weighted by Crippen LogP contribution is 2.21. The summed E-state index contributed by atoms with van der Waals surface area (Å²) in [6.07, 6.45) is -2.56. The SMILES string of the molecule is N#CCc1nnn(CCCO)c1C(F)F. The predicted octanol–water partition coefficient (Wildman–Crippen LogP) is 0.664. The molecule has 0 aromatic carbocycles. The largest absolute Gasteiger partial charge is 0.396 e. The predicted molar refractivity (Wildman–Crippen MR) is 46.0 cm³/mol. The van der Waals surface area contributed by atoms with E-state index in [2.05, 4.69) is 10.3 Å². The van der Waals surface area contributed by atoms with Crippen LogP contribution >= 0.6 is 0 Å². The molecule has 82 valence electrons. The van der Waals surface area contributed by atoms with Gasteiger partial charge in [-0.2, -0.15) is 5.26 Å². The van der Waals surface area contributed by atoms with Crippen molar-refractivity contribution in [3.05, 3.63) is 11.4 Å². The Morgan fingerprint density at radius 2 is 2.27 bits per heavy atom. The molecule has 0 amide bonds. The standard InChI is InChI=1S/C8H10F2N4O/c9-8(10)7-6(2-3-11)12-13-14(7)4-1-5-15/h8,15H,1-2,4-5H2. The van der Waals surface area contributed by atoms with Gasteiger partial charge >= 0.3 is 0 Å². The molecule has 1 N–H and O–H groups in total. The Balaban J connectivity index is 2.91. The summed E-state index contributed by atoms with van der Waals surface area (Å²) in [5.41, 5.74) is -0.324. The third kappa shape index (κ3) is 2.70. The van der Waals surface area contributed by atoms with E-state index in [-0.39, 0.29) is 31.0 Å². The Labute approximate surface area is 84.9 Å². The molecule has 0 aliphatic heterocycles. The van der Waals surface area contributed by atoms with Gasteiger partial charge in [0.25, 0.3) is 6.43 Å². The molecule has 7 heteroatoms. The highest BCUT2D eigenvalue weighted by molar-refractivity contribution is 5.15. The molecule has 15 heavy (non-hydrogen) atoms. The van der Waals surface area contributed by atoms with E-state index in [1.807, 2.05) is 0 Å². The number of hydrogen-bond donors (Lipinski definition) is 1. The van der Waals surface area contributed by atoms with Crippen molar-refractivity contribution in [3.63, 3.8) is 0 Å². The summed E-state index contributed by atoms with van der Waals surface area (Å²) in [6, 6.07) is 1.75. The van der Waals surface area contributed by atoms with Gasteiger partial charge in [0.2, 0.25) is 0 Å². The smallest absolute Gasteiger partial charge is 0.281 e. The number of aliphatic hydroxyl groups excluding tert-OH is 1. The zero-order valence-corrected chi connectivity index (χ0v) is 7.90. The molecule has 0 bridgehead atoms. The van der Waals surface area contributed by atoms with Crippen molar-refractivity contribution in [2.24, 2.45) is 0 Å². The lowest BCUT2D eigenvalue weighted by Crippen LogP contribution is -2.08. The first-order valence-corrected chi connectivity index (χ1v) is 4.39. The molecule has 0 aliphatic rings. The van der Waals surface area contributed by atoms with Crippen LogP contribution in [0.2, 0.25) is 0 Å². The fraction of sp³-hybridized carbons (Fsp3) is 0.625. The van der Waals surface area contributed by atoms with Crippen LogP contribution in [0.25, 0.3) is 0 Å². The van der Waals surface area contributed by atoms with E-state index in [1.54, 1.807) is 6.07 Å². The van der Waals surface area contributed by atoms with Crippen LogP contribution in [0.3, 0.4) is 0 Å². The van der Waals surface area contributed by atoms with Crippen molar-refractivity contribution in [3.8, 4) is 6.07 Å². The van der Waals surface area contributed by atoms with Gasteiger partial charge in [-0.15, -0.1) is 5.10 Å². The Kier molecular flexibility index (Phi) is 4.12. The molecule has 0 atom stereocenters. The molecule has 5 nitrogen and oxygen atoms in total. The first-order chi connectivity index (χ1) is 7.20. The van der Waals surface area contributed by atoms with Gasteiger partial charge in [0.1, 0.15) is 11.4 Å². The summed E-state index contributed by atoms with van der Waals surface area (Å²) in [4.78, 5) is 0. The first kappa shape index (κ1) is 11.5. The van der Waals surface area contributed by atoms with Gasteiger partial charge in [-0.1, -0.05) is 5.21 Å². The second-order valence-electron chi connectivity index (χ2n) is 2.86. The maximum atomic E-state index is 12.6. The van der Waals surface area contributed by atoms with Crippen LogP contribution in [-0.2, 0) is 13.0 Å². The van der Waals surface area contributed by atoms with Gasteiger partial charge < -0.3 is 5.11 Å². The number of hydrogen-bond acceptors (Lipinski definition) is 4. The van der Waals surface area contributed by atoms with Gasteiger partial charge in [-0.25, -0.2) is 13.5 Å². The van der Waals surface area contributed by atoms with Crippen molar-refractivity contribution in [2.45, 2.75) is 25.8 Å². The first-order valence-electron chi connectivity index (χ1n) is 4.39. The monoisotopic (exact) mass is 216 g/mol. The van der Waals surface area contributed by atoms with Gasteiger partial charge in [0, 0.05) is 13.2 Å². The molecule has 1 heterocycles. The molecule has 0 saturated carbocycles. The second kappa shape index (κ2) is 5.36. The van der Waals surface area contributed by atoms with E-state index in [9.17, 15) is 8.78 Å². The molecule has 1 aromatic rings. The molecule has 0 fully saturated rings. The van der Waals surface area contributed by atoms with E-state index in [0.717, 1.165) is 4.68 Å². The number of aryl methyl sites for hydroxylation is 1. The van der Waals surface area contributed by atoms with E-state index in [1.165, 1.54) is 0 Å². The zero-order valence-electron chi connectivity index (χ0n) is 7.90. The lowest BCUT2D eigenvalue weighted by Gasteiger charge is -2.04. The summed E-state index contributed by atoms with van der Waals surface area (Å²) < 4.78 is 26.2. The number of aliphatic hydroxyl groups is 1. The Bertz CT molecular complexity index is 358. The Hall–Kier alpha value is -1.55. The maximum absolute atomic E-state index is 12.6. The van der Waals surface area contributed by atoms with Crippen LogP contribution in [0.4, 0.5) is 8.78 Å². The lowest BCUT2D eigenvalue weighted by molar-refractivity contribution is 0.137. The van der Waals surface area contributed by atoms with Gasteiger partial charge in [-0.3, -0.25) is 0 Å². The average molecular weight is 216 g/mol. The molecule has 0 radical (unpaired) electrons. The highest BCUT2D eigenvalue weighted by Gasteiger charge is 2.20. The normalized spacial score (nSPS) is 10.6. The minimum atomic E-state index is -2.71. The number of nitriles is 1. The van der Waals surface area contributed by atoms with E-state index >= 15 is 0 Å². The van der Waals surface area contributed by atoms with Crippen LogP contribution in [0, 0.1) is 11.3 Å². The van der Waals surface area contributed by atoms with Crippen LogP contribution in [0.1, 0.15) is 24.2 Å². The van der Waals surface area contributed by atoms with Crippen molar-refractivity contribution in [1.82, 2.24) is 15.0 Å². The maximum Gasteiger partial charge on any atom is 0.281 e.